The molecule has 0 spiro atoms. The lowest BCUT2D eigenvalue weighted by atomic mass is 9.91. The van der Waals surface area contributed by atoms with Gasteiger partial charge in [0.05, 0.1) is 46.2 Å². The van der Waals surface area contributed by atoms with Crippen LogP contribution in [0.5, 0.6) is 11.6 Å². The van der Waals surface area contributed by atoms with Crippen molar-refractivity contribution in [1.29, 1.82) is 0 Å². The van der Waals surface area contributed by atoms with E-state index in [0.29, 0.717) is 67.9 Å². The number of β-amino-alcohol motifs (C(OH)–C–C–N with tert-alkyl or cyclic N) is 1. The minimum atomic E-state index is -3.10. The number of phenols is 1. The number of aliphatic hydroxyl groups excluding tert-OH is 1. The lowest BCUT2D eigenvalue weighted by Gasteiger charge is -2.43. The number of pyridine rings is 1. The Balaban J connectivity index is 0.657. The normalized spacial score (nSPS) is 23.5. The molecule has 21 heteroatoms. The van der Waals surface area contributed by atoms with Crippen LogP contribution in [0.2, 0.25) is 0 Å². The number of para-hydroxylation sites is 1. The summed E-state index contributed by atoms with van der Waals surface area (Å²) in [4.78, 5) is 48.1. The van der Waals surface area contributed by atoms with Crippen molar-refractivity contribution < 1.29 is 37.8 Å². The molecule has 5 fully saturated rings. The molecule has 5 N–H and O–H groups in total. The molecule has 11 rings (SSSR count). The van der Waals surface area contributed by atoms with Crippen LogP contribution in [0.1, 0.15) is 88.3 Å². The summed E-state index contributed by atoms with van der Waals surface area (Å²) in [6, 6.07) is 21.5. The Hall–Kier alpha value is -6.97. The largest absolute Gasteiger partial charge is 0.507 e. The molecule has 0 aliphatic carbocycles. The van der Waals surface area contributed by atoms with Gasteiger partial charge in [-0.1, -0.05) is 55.4 Å². The van der Waals surface area contributed by atoms with E-state index < -0.39 is 36.6 Å². The van der Waals surface area contributed by atoms with Gasteiger partial charge in [0.2, 0.25) is 17.7 Å². The summed E-state index contributed by atoms with van der Waals surface area (Å²) < 4.78 is 44.0. The number of anilines is 4. The van der Waals surface area contributed by atoms with Gasteiger partial charge in [0, 0.05) is 100 Å². The van der Waals surface area contributed by atoms with Gasteiger partial charge in [-0.2, -0.15) is 0 Å². The number of nitrogens with one attached hydrogen (secondary N) is 1. The third kappa shape index (κ3) is 10.9. The quantitative estimate of drug-likeness (QED) is 0.0776. The molecule has 2 amide bonds. The molecule has 5 aliphatic rings. The van der Waals surface area contributed by atoms with Crippen LogP contribution in [0, 0.1) is 18.8 Å². The minimum Gasteiger partial charge on any atom is -0.507 e. The van der Waals surface area contributed by atoms with Crippen LogP contribution in [-0.2, 0) is 9.59 Å². The van der Waals surface area contributed by atoms with Crippen molar-refractivity contribution in [3.05, 3.63) is 102 Å². The van der Waals surface area contributed by atoms with Crippen molar-refractivity contribution >= 4 is 46.2 Å². The monoisotopic (exact) mass is 1090 g/mol. The summed E-state index contributed by atoms with van der Waals surface area (Å²) >= 11 is 1.58. The Morgan fingerprint density at radius 1 is 0.923 bits per heavy atom. The summed E-state index contributed by atoms with van der Waals surface area (Å²) in [7, 11) is 0. The van der Waals surface area contributed by atoms with Crippen molar-refractivity contribution in [1.82, 2.24) is 40.4 Å². The van der Waals surface area contributed by atoms with Crippen molar-refractivity contribution in [2.24, 2.45) is 11.8 Å². The minimum absolute atomic E-state index is 0.0314. The fraction of sp³-hybridized carbons (Fsp3) is 0.491. The average Bonchev–Trinajstić information content (AvgIpc) is 4.34. The zero-order valence-electron chi connectivity index (χ0n) is 44.4. The van der Waals surface area contributed by atoms with Crippen LogP contribution >= 0.6 is 11.3 Å². The number of aliphatic hydroxyl groups is 1. The van der Waals surface area contributed by atoms with Crippen LogP contribution in [0.3, 0.4) is 0 Å². The number of rotatable bonds is 15. The highest BCUT2D eigenvalue weighted by molar-refractivity contribution is 7.13. The first-order valence-electron chi connectivity index (χ1n) is 27.3. The predicted octanol–water partition coefficient (Wildman–Crippen LogP) is 7.69. The summed E-state index contributed by atoms with van der Waals surface area (Å²) in [5.41, 5.74) is 13.9. The van der Waals surface area contributed by atoms with Gasteiger partial charge in [-0.25, -0.2) is 18.7 Å². The van der Waals surface area contributed by atoms with E-state index in [1.54, 1.807) is 47.9 Å². The summed E-state index contributed by atoms with van der Waals surface area (Å²) in [6.07, 6.45) is 3.20. The first-order valence-corrected chi connectivity index (χ1v) is 28.1. The standard InChI is InChI=1S/C57H68F2N12O6S/c1-33(2)52(56(75)70-30-42(72)24-46(70)55(74)63-34(3)37-9-11-38(12-10-37)53-35(4)62-32-78-53)48-26-50(66-77-48)68-21-16-36(17-22-68)27-67-20-18-49(57(58,59)31-67)76-51-23-39(15-19-61-51)71-40-13-14-41(71)29-69(28-40)45-25-44(64-65-54(45)60)43-7-5-6-8-47(43)73/h5-12,15,19,23,25-26,32-34,36,40-42,46,49,52,72-73H,13-14,16-18,20-22,24,27-31H2,1-4H3,(H2,60,65)(H,63,74)/t34-,40?,41?,42+,46-,49+,52+/m0/s1. The van der Waals surface area contributed by atoms with E-state index in [4.69, 9.17) is 15.0 Å². The molecule has 2 bridgehead atoms. The van der Waals surface area contributed by atoms with Gasteiger partial charge in [0.25, 0.3) is 5.92 Å². The van der Waals surface area contributed by atoms with Gasteiger partial charge < -0.3 is 50.1 Å². The Labute approximate surface area is 456 Å². The highest BCUT2D eigenvalue weighted by Gasteiger charge is 2.48. The number of hydrogen-bond acceptors (Lipinski definition) is 17. The fourth-order valence-corrected chi connectivity index (χ4v) is 13.3. The van der Waals surface area contributed by atoms with Crippen molar-refractivity contribution in [2.75, 3.05) is 72.8 Å². The maximum Gasteiger partial charge on any atom is 0.296 e. The second-order valence-corrected chi connectivity index (χ2v) is 23.1. The number of piperazine rings is 1. The van der Waals surface area contributed by atoms with Crippen LogP contribution in [0.4, 0.5) is 31.8 Å². The molecule has 2 aromatic carbocycles. The molecule has 18 nitrogen and oxygen atoms in total. The number of piperidine rings is 2. The van der Waals surface area contributed by atoms with E-state index in [9.17, 15) is 19.8 Å². The molecule has 5 saturated heterocycles. The van der Waals surface area contributed by atoms with Crippen molar-refractivity contribution in [3.63, 3.8) is 0 Å². The van der Waals surface area contributed by atoms with Gasteiger partial charge in [-0.05, 0) is 86.8 Å². The maximum absolute atomic E-state index is 16.0. The second kappa shape index (κ2) is 22.0. The van der Waals surface area contributed by atoms with Gasteiger partial charge in [0.15, 0.2) is 23.5 Å². The number of phenolic OH excluding ortho intramolecular Hbond substituents is 1. The van der Waals surface area contributed by atoms with E-state index in [0.717, 1.165) is 58.8 Å². The van der Waals surface area contributed by atoms with E-state index in [2.05, 4.69) is 45.3 Å². The lowest BCUT2D eigenvalue weighted by molar-refractivity contribution is -0.142. The highest BCUT2D eigenvalue weighted by atomic mass is 32.1. The van der Waals surface area contributed by atoms with Gasteiger partial charge in [-0.15, -0.1) is 21.5 Å². The summed E-state index contributed by atoms with van der Waals surface area (Å²) in [5, 5.41) is 37.2. The molecule has 2 unspecified atom stereocenters. The second-order valence-electron chi connectivity index (χ2n) is 22.2. The number of thiazole rings is 1. The summed E-state index contributed by atoms with van der Waals surface area (Å²) in [6.45, 7) is 11.0. The van der Waals surface area contributed by atoms with Crippen LogP contribution in [0.15, 0.2) is 89.0 Å². The van der Waals surface area contributed by atoms with E-state index in [1.165, 1.54) is 4.90 Å². The number of hydrogen-bond donors (Lipinski definition) is 4. The molecule has 0 radical (unpaired) electrons. The molecule has 9 heterocycles. The zero-order valence-corrected chi connectivity index (χ0v) is 45.2. The summed E-state index contributed by atoms with van der Waals surface area (Å²) in [5.74, 6) is -2.86. The number of halogens is 2. The Bertz CT molecular complexity index is 3080. The number of carbonyl (C=O) groups is 2. The van der Waals surface area contributed by atoms with Gasteiger partial charge in [-0.3, -0.25) is 14.5 Å². The number of benzene rings is 2. The number of ether oxygens (including phenoxy) is 1. The first kappa shape index (κ1) is 53.1. The molecular weight excluding hydrogens is 1020 g/mol. The Morgan fingerprint density at radius 2 is 1.68 bits per heavy atom. The van der Waals surface area contributed by atoms with Gasteiger partial charge >= 0.3 is 0 Å². The number of alkyl halides is 2. The number of aromatic hydroxyl groups is 1. The van der Waals surface area contributed by atoms with Crippen molar-refractivity contribution in [2.45, 2.75) is 114 Å². The molecule has 5 aliphatic heterocycles. The number of fused-ring (bicyclic) bond motifs is 2. The molecule has 78 heavy (non-hydrogen) atoms. The fourth-order valence-electron chi connectivity index (χ4n) is 12.4. The number of aryl methyl sites for hydroxylation is 1. The highest BCUT2D eigenvalue weighted by Crippen LogP contribution is 2.41. The van der Waals surface area contributed by atoms with Crippen molar-refractivity contribution in [3.8, 4) is 33.3 Å². The SMILES string of the molecule is Cc1ncsc1-c1ccc([C@H](C)NC(=O)[C@@H]2C[C@@H](O)CN2C(=O)[C@@H](c2cc(N3CCC(CN4CC[C@@H](Oc5cc(N6C7CCC6CN(c6cc(-c8ccccc8O)nnc6N)C7)ccn5)C(F)(F)C4)CC3)no2)C(C)C)cc1. The molecule has 7 atom stereocenters. The number of carbonyl (C=O) groups excluding carboxylic acids is 2. The lowest BCUT2D eigenvalue weighted by Crippen LogP contribution is -2.55. The third-order valence-corrected chi connectivity index (χ3v) is 17.5. The number of nitrogens with zero attached hydrogens (tertiary/aromatic N) is 10. The third-order valence-electron chi connectivity index (χ3n) is 16.5. The zero-order chi connectivity index (χ0) is 54.4. The number of amides is 2. The van der Waals surface area contributed by atoms with E-state index in [-0.39, 0.29) is 72.8 Å². The Morgan fingerprint density at radius 3 is 2.38 bits per heavy atom. The first-order chi connectivity index (χ1) is 37.6. The van der Waals surface area contributed by atoms with E-state index >= 15 is 8.78 Å². The maximum atomic E-state index is 16.0. The van der Waals surface area contributed by atoms with Gasteiger partial charge in [0.1, 0.15) is 17.7 Å². The number of nitrogen functional groups attached to an aromatic ring is 1. The molecule has 0 saturated carbocycles. The number of likely N-dealkylation sites (tertiary alicyclic amines) is 2. The van der Waals surface area contributed by atoms with Crippen LogP contribution in [0.25, 0.3) is 21.7 Å². The average molecular weight is 1090 g/mol. The molecule has 412 valence electrons. The number of aromatic nitrogens is 5. The molecule has 6 aromatic rings. The van der Waals surface area contributed by atoms with Crippen LogP contribution < -0.4 is 30.5 Å². The van der Waals surface area contributed by atoms with E-state index in [1.807, 2.05) is 80.6 Å². The smallest absolute Gasteiger partial charge is 0.296 e. The molecule has 4 aromatic heterocycles. The predicted molar refractivity (Wildman–Crippen MR) is 294 cm³/mol. The Kier molecular flexibility index (Phi) is 15.0. The number of nitrogens with two attached hydrogens (primary N) is 1. The topological polar surface area (TPSA) is 216 Å². The molecular formula is C57H68F2N12O6S. The van der Waals surface area contributed by atoms with Crippen LogP contribution in [-0.4, -0.2) is 146 Å².